The molecule has 6 rings (SSSR count). The quantitative estimate of drug-likeness (QED) is 0.296. The first-order valence-corrected chi connectivity index (χ1v) is 13.4. The Morgan fingerprint density at radius 3 is 2.46 bits per heavy atom. The second-order valence-electron chi connectivity index (χ2n) is 8.95. The molecule has 0 aliphatic carbocycles. The molecule has 1 amide bonds. The Morgan fingerprint density at radius 1 is 0.923 bits per heavy atom. The van der Waals surface area contributed by atoms with E-state index in [0.29, 0.717) is 50.6 Å². The van der Waals surface area contributed by atoms with E-state index in [4.69, 9.17) is 19.0 Å². The Morgan fingerprint density at radius 2 is 1.69 bits per heavy atom. The van der Waals surface area contributed by atoms with E-state index >= 15 is 0 Å². The number of aromatic nitrogens is 2. The van der Waals surface area contributed by atoms with E-state index in [9.17, 15) is 13.2 Å². The third-order valence-corrected chi connectivity index (χ3v) is 7.78. The fourth-order valence-electron chi connectivity index (χ4n) is 4.17. The Labute approximate surface area is 223 Å². The van der Waals surface area contributed by atoms with Crippen molar-refractivity contribution in [2.45, 2.75) is 18.7 Å². The molecule has 5 aromatic rings. The summed E-state index contributed by atoms with van der Waals surface area (Å²) in [6, 6.07) is 20.4. The minimum atomic E-state index is -3.91. The molecular formula is C28H22N4O6S. The van der Waals surface area contributed by atoms with Crippen molar-refractivity contribution in [2.75, 3.05) is 16.8 Å². The van der Waals surface area contributed by atoms with E-state index < -0.39 is 10.0 Å². The molecule has 0 radical (unpaired) electrons. The summed E-state index contributed by atoms with van der Waals surface area (Å²) in [5.74, 6) is 0.973. The van der Waals surface area contributed by atoms with Crippen LogP contribution in [0, 0.1) is 13.8 Å². The lowest BCUT2D eigenvalue weighted by molar-refractivity contribution is 0.102. The number of carbonyl (C=O) groups excluding carboxylic acids is 1. The zero-order valence-electron chi connectivity index (χ0n) is 20.9. The first kappa shape index (κ1) is 24.4. The fourth-order valence-corrected chi connectivity index (χ4v) is 5.22. The van der Waals surface area contributed by atoms with Gasteiger partial charge in [0.05, 0.1) is 27.4 Å². The zero-order chi connectivity index (χ0) is 27.1. The minimum absolute atomic E-state index is 0.00778. The van der Waals surface area contributed by atoms with Crippen molar-refractivity contribution in [1.29, 1.82) is 0 Å². The van der Waals surface area contributed by atoms with Crippen LogP contribution < -0.4 is 19.5 Å². The lowest BCUT2D eigenvalue weighted by Gasteiger charge is -2.12. The molecule has 0 bridgehead atoms. The number of nitrogens with one attached hydrogen (secondary N) is 2. The highest BCUT2D eigenvalue weighted by atomic mass is 32.2. The van der Waals surface area contributed by atoms with E-state index in [1.807, 2.05) is 42.5 Å². The van der Waals surface area contributed by atoms with Crippen LogP contribution in [0.1, 0.15) is 21.6 Å². The third kappa shape index (κ3) is 4.64. The first-order valence-electron chi connectivity index (χ1n) is 12.0. The SMILES string of the molecule is Cc1noc(NS(=O)(=O)c2ccc(NC(=O)c3cc(-c4ccc5c(c4)OCO5)nc4ccccc34)cc2)c1C. The molecule has 196 valence electrons. The van der Waals surface area contributed by atoms with E-state index in [1.165, 1.54) is 24.3 Å². The molecule has 0 unspecified atom stereocenters. The monoisotopic (exact) mass is 542 g/mol. The van der Waals surface area contributed by atoms with E-state index in [-0.39, 0.29) is 23.5 Å². The van der Waals surface area contributed by atoms with Gasteiger partial charge in [0, 0.05) is 22.2 Å². The summed E-state index contributed by atoms with van der Waals surface area (Å²) in [6.07, 6.45) is 0. The normalized spacial score (nSPS) is 12.5. The molecule has 0 fully saturated rings. The van der Waals surface area contributed by atoms with Gasteiger partial charge in [-0.05, 0) is 68.4 Å². The minimum Gasteiger partial charge on any atom is -0.454 e. The summed E-state index contributed by atoms with van der Waals surface area (Å²) in [4.78, 5) is 18.2. The second-order valence-corrected chi connectivity index (χ2v) is 10.6. The van der Waals surface area contributed by atoms with Gasteiger partial charge in [0.15, 0.2) is 11.5 Å². The number of para-hydroxylation sites is 1. The summed E-state index contributed by atoms with van der Waals surface area (Å²) in [7, 11) is -3.91. The van der Waals surface area contributed by atoms with Crippen LogP contribution >= 0.6 is 0 Å². The summed E-state index contributed by atoms with van der Waals surface area (Å²) < 4.78 is 43.9. The highest BCUT2D eigenvalue weighted by Gasteiger charge is 2.20. The van der Waals surface area contributed by atoms with Gasteiger partial charge in [-0.3, -0.25) is 4.79 Å². The molecule has 1 aliphatic rings. The number of anilines is 2. The Hall–Kier alpha value is -4.90. The molecule has 0 spiro atoms. The van der Waals surface area contributed by atoms with Gasteiger partial charge in [0.2, 0.25) is 12.7 Å². The standard InChI is InChI=1S/C28H22N4O6S/c1-16-17(2)31-38-28(16)32-39(34,35)20-10-8-19(9-11-20)29-27(33)22-14-24(30-23-6-4-3-5-21(22)23)18-7-12-25-26(13-18)37-15-36-25/h3-14,32H,15H2,1-2H3,(H,29,33). The number of rotatable bonds is 6. The van der Waals surface area contributed by atoms with E-state index in [2.05, 4.69) is 15.2 Å². The van der Waals surface area contributed by atoms with E-state index in [1.54, 1.807) is 19.9 Å². The Kier molecular flexibility index (Phi) is 5.92. The van der Waals surface area contributed by atoms with Gasteiger partial charge in [-0.2, -0.15) is 0 Å². The van der Waals surface area contributed by atoms with Crippen molar-refractivity contribution in [3.63, 3.8) is 0 Å². The molecule has 0 saturated carbocycles. The zero-order valence-corrected chi connectivity index (χ0v) is 21.7. The predicted octanol–water partition coefficient (Wildman–Crippen LogP) is 5.29. The number of hydrogen-bond acceptors (Lipinski definition) is 8. The topological polar surface area (TPSA) is 133 Å². The molecule has 3 aromatic carbocycles. The number of amides is 1. The Balaban J connectivity index is 1.27. The molecule has 3 heterocycles. The van der Waals surface area contributed by atoms with Crippen molar-refractivity contribution in [1.82, 2.24) is 10.1 Å². The lowest BCUT2D eigenvalue weighted by Crippen LogP contribution is -2.15. The summed E-state index contributed by atoms with van der Waals surface area (Å²) in [5.41, 5.74) is 4.08. The number of carbonyl (C=O) groups is 1. The van der Waals surface area contributed by atoms with Crippen LogP contribution in [0.5, 0.6) is 11.5 Å². The van der Waals surface area contributed by atoms with Gasteiger partial charge >= 0.3 is 0 Å². The number of fused-ring (bicyclic) bond motifs is 2. The fraction of sp³-hybridized carbons (Fsp3) is 0.107. The van der Waals surface area contributed by atoms with Gasteiger partial charge in [-0.15, -0.1) is 0 Å². The molecule has 2 N–H and O–H groups in total. The third-order valence-electron chi connectivity index (χ3n) is 6.44. The average Bonchev–Trinajstić information content (AvgIpc) is 3.54. The van der Waals surface area contributed by atoms with Gasteiger partial charge in [0.25, 0.3) is 15.9 Å². The van der Waals surface area contributed by atoms with Crippen LogP contribution in [0.2, 0.25) is 0 Å². The average molecular weight is 543 g/mol. The number of sulfonamides is 1. The highest BCUT2D eigenvalue weighted by molar-refractivity contribution is 7.92. The smallest absolute Gasteiger partial charge is 0.264 e. The molecule has 0 saturated heterocycles. The first-order chi connectivity index (χ1) is 18.8. The maximum Gasteiger partial charge on any atom is 0.264 e. The van der Waals surface area contributed by atoms with Crippen LogP contribution in [0.25, 0.3) is 22.2 Å². The number of aryl methyl sites for hydroxylation is 1. The van der Waals surface area contributed by atoms with Crippen LogP contribution in [0.15, 0.2) is 82.2 Å². The molecule has 10 nitrogen and oxygen atoms in total. The number of pyridine rings is 1. The number of nitrogens with zero attached hydrogens (tertiary/aromatic N) is 2. The lowest BCUT2D eigenvalue weighted by atomic mass is 10.0. The van der Waals surface area contributed by atoms with Gasteiger partial charge in [-0.25, -0.2) is 18.1 Å². The molecule has 11 heteroatoms. The van der Waals surface area contributed by atoms with Crippen molar-refractivity contribution >= 4 is 38.4 Å². The maximum absolute atomic E-state index is 13.4. The van der Waals surface area contributed by atoms with E-state index in [0.717, 1.165) is 5.56 Å². The van der Waals surface area contributed by atoms with Gasteiger partial charge < -0.3 is 19.3 Å². The molecular weight excluding hydrogens is 520 g/mol. The molecule has 0 atom stereocenters. The molecule has 39 heavy (non-hydrogen) atoms. The number of benzene rings is 3. The summed E-state index contributed by atoms with van der Waals surface area (Å²) in [6.45, 7) is 3.59. The van der Waals surface area contributed by atoms with Crippen molar-refractivity contribution < 1.29 is 27.2 Å². The van der Waals surface area contributed by atoms with Crippen LogP contribution in [-0.4, -0.2) is 31.3 Å². The van der Waals surface area contributed by atoms with Gasteiger partial charge in [-0.1, -0.05) is 23.4 Å². The summed E-state index contributed by atoms with van der Waals surface area (Å²) in [5, 5.41) is 7.30. The number of ether oxygens (including phenoxy) is 2. The van der Waals surface area contributed by atoms with Crippen LogP contribution in [0.3, 0.4) is 0 Å². The summed E-state index contributed by atoms with van der Waals surface area (Å²) >= 11 is 0. The second kappa shape index (κ2) is 9.44. The predicted molar refractivity (Wildman–Crippen MR) is 144 cm³/mol. The largest absolute Gasteiger partial charge is 0.454 e. The highest BCUT2D eigenvalue weighted by Crippen LogP contribution is 2.36. The van der Waals surface area contributed by atoms with Crippen molar-refractivity contribution in [3.8, 4) is 22.8 Å². The van der Waals surface area contributed by atoms with Crippen molar-refractivity contribution in [3.05, 3.63) is 89.6 Å². The molecule has 2 aromatic heterocycles. The van der Waals surface area contributed by atoms with Gasteiger partial charge in [0.1, 0.15) is 0 Å². The molecule has 1 aliphatic heterocycles. The van der Waals surface area contributed by atoms with Crippen molar-refractivity contribution in [2.24, 2.45) is 0 Å². The van der Waals surface area contributed by atoms with Crippen LogP contribution in [0.4, 0.5) is 11.6 Å². The maximum atomic E-state index is 13.4. The van der Waals surface area contributed by atoms with Crippen LogP contribution in [-0.2, 0) is 10.0 Å². The number of hydrogen-bond donors (Lipinski definition) is 2. The Bertz CT molecular complexity index is 1850.